The van der Waals surface area contributed by atoms with Crippen LogP contribution in [0.4, 0.5) is 0 Å². The second-order valence-electron chi connectivity index (χ2n) is 4.08. The van der Waals surface area contributed by atoms with Crippen LogP contribution in [0, 0.1) is 5.92 Å². The van der Waals surface area contributed by atoms with E-state index in [1.165, 1.54) is 7.11 Å². The fourth-order valence-electron chi connectivity index (χ4n) is 2.28. The van der Waals surface area contributed by atoms with E-state index in [1.807, 2.05) is 30.3 Å². The summed E-state index contributed by atoms with van der Waals surface area (Å²) in [5.74, 6) is 0.00236. The van der Waals surface area contributed by atoms with Crippen molar-refractivity contribution in [3.05, 3.63) is 48.0 Å². The second kappa shape index (κ2) is 4.97. The van der Waals surface area contributed by atoms with Gasteiger partial charge in [0.2, 0.25) is 0 Å². The lowest BCUT2D eigenvalue weighted by atomic mass is 9.86. The molecule has 0 fully saturated rings. The number of methoxy groups -OCH3 is 1. The number of carbonyl (C=O) groups excluding carboxylic acids is 1. The van der Waals surface area contributed by atoms with Gasteiger partial charge < -0.3 is 4.74 Å². The predicted octanol–water partition coefficient (Wildman–Crippen LogP) is 2.91. The molecule has 1 aliphatic rings. The lowest BCUT2D eigenvalue weighted by Gasteiger charge is -2.20. The zero-order chi connectivity index (χ0) is 11.4. The van der Waals surface area contributed by atoms with Crippen molar-refractivity contribution in [2.24, 2.45) is 5.92 Å². The Morgan fingerprint density at radius 1 is 1.38 bits per heavy atom. The molecule has 1 aromatic carbocycles. The second-order valence-corrected chi connectivity index (χ2v) is 4.08. The quantitative estimate of drug-likeness (QED) is 0.573. The van der Waals surface area contributed by atoms with Gasteiger partial charge in [0.05, 0.1) is 13.0 Å². The molecule has 2 heteroatoms. The molecule has 0 aromatic heterocycles. The summed E-state index contributed by atoms with van der Waals surface area (Å²) in [5, 5.41) is 0. The molecule has 0 aliphatic heterocycles. The molecule has 16 heavy (non-hydrogen) atoms. The van der Waals surface area contributed by atoms with Crippen LogP contribution in [0.15, 0.2) is 42.5 Å². The molecule has 0 saturated heterocycles. The highest BCUT2D eigenvalue weighted by Crippen LogP contribution is 2.33. The Morgan fingerprint density at radius 2 is 2.12 bits per heavy atom. The smallest absolute Gasteiger partial charge is 0.313 e. The molecule has 2 unspecified atom stereocenters. The number of benzene rings is 1. The predicted molar refractivity (Wildman–Crippen MR) is 63.1 cm³/mol. The molecule has 2 rings (SSSR count). The van der Waals surface area contributed by atoms with Gasteiger partial charge in [0, 0.05) is 0 Å². The van der Waals surface area contributed by atoms with Crippen LogP contribution in [0.2, 0.25) is 0 Å². The normalized spacial score (nSPS) is 20.7. The van der Waals surface area contributed by atoms with Crippen LogP contribution in [0.1, 0.15) is 24.3 Å². The lowest BCUT2D eigenvalue weighted by molar-refractivity contribution is -0.143. The van der Waals surface area contributed by atoms with Crippen LogP contribution in [0.3, 0.4) is 0 Å². The van der Waals surface area contributed by atoms with E-state index in [9.17, 15) is 4.79 Å². The standard InChI is InChI=1S/C14H16O2/c1-16-14(15)13(12-9-5-6-10-12)11-7-3-2-4-8-11/h2-5,7-9,12-13H,6,10H2,1H3. The van der Waals surface area contributed by atoms with Crippen LogP contribution < -0.4 is 0 Å². The van der Waals surface area contributed by atoms with Gasteiger partial charge in [-0.15, -0.1) is 0 Å². The molecule has 2 nitrogen and oxygen atoms in total. The Morgan fingerprint density at radius 3 is 2.69 bits per heavy atom. The Labute approximate surface area is 95.9 Å². The number of carbonyl (C=O) groups is 1. The highest BCUT2D eigenvalue weighted by molar-refractivity contribution is 5.78. The first kappa shape index (κ1) is 10.9. The Hall–Kier alpha value is -1.57. The third-order valence-electron chi connectivity index (χ3n) is 3.09. The van der Waals surface area contributed by atoms with E-state index in [1.54, 1.807) is 0 Å². The monoisotopic (exact) mass is 216 g/mol. The van der Waals surface area contributed by atoms with Crippen LogP contribution in [0.5, 0.6) is 0 Å². The van der Waals surface area contributed by atoms with Gasteiger partial charge in [-0.25, -0.2) is 0 Å². The maximum atomic E-state index is 11.8. The zero-order valence-electron chi connectivity index (χ0n) is 9.43. The zero-order valence-corrected chi connectivity index (χ0v) is 9.43. The van der Waals surface area contributed by atoms with Gasteiger partial charge in [-0.3, -0.25) is 4.79 Å². The summed E-state index contributed by atoms with van der Waals surface area (Å²) in [4.78, 5) is 11.8. The highest BCUT2D eigenvalue weighted by atomic mass is 16.5. The molecule has 0 spiro atoms. The van der Waals surface area contributed by atoms with Crippen LogP contribution in [0.25, 0.3) is 0 Å². The van der Waals surface area contributed by atoms with Crippen molar-refractivity contribution in [2.45, 2.75) is 18.8 Å². The van der Waals surface area contributed by atoms with Gasteiger partial charge in [-0.2, -0.15) is 0 Å². The molecule has 0 radical (unpaired) electrons. The van der Waals surface area contributed by atoms with Crippen molar-refractivity contribution in [1.29, 1.82) is 0 Å². The van der Waals surface area contributed by atoms with Gasteiger partial charge in [0.25, 0.3) is 0 Å². The molecule has 0 heterocycles. The average Bonchev–Trinajstić information content (AvgIpc) is 2.84. The third-order valence-corrected chi connectivity index (χ3v) is 3.09. The van der Waals surface area contributed by atoms with Crippen molar-refractivity contribution in [3.63, 3.8) is 0 Å². The molecular formula is C14H16O2. The van der Waals surface area contributed by atoms with Crippen LogP contribution in [-0.4, -0.2) is 13.1 Å². The first-order valence-electron chi connectivity index (χ1n) is 5.62. The van der Waals surface area contributed by atoms with E-state index in [-0.39, 0.29) is 17.8 Å². The van der Waals surface area contributed by atoms with E-state index in [4.69, 9.17) is 4.74 Å². The van der Waals surface area contributed by atoms with Gasteiger partial charge in [0.15, 0.2) is 0 Å². The van der Waals surface area contributed by atoms with E-state index in [0.29, 0.717) is 0 Å². The maximum absolute atomic E-state index is 11.8. The fraction of sp³-hybridized carbons (Fsp3) is 0.357. The lowest BCUT2D eigenvalue weighted by Crippen LogP contribution is -2.20. The topological polar surface area (TPSA) is 26.3 Å². The molecule has 0 bridgehead atoms. The van der Waals surface area contributed by atoms with E-state index < -0.39 is 0 Å². The highest BCUT2D eigenvalue weighted by Gasteiger charge is 2.30. The number of allylic oxidation sites excluding steroid dienone is 2. The number of hydrogen-bond donors (Lipinski definition) is 0. The number of hydrogen-bond acceptors (Lipinski definition) is 2. The molecule has 84 valence electrons. The molecule has 2 atom stereocenters. The first-order chi connectivity index (χ1) is 7.83. The van der Waals surface area contributed by atoms with Crippen LogP contribution in [-0.2, 0) is 9.53 Å². The van der Waals surface area contributed by atoms with Crippen molar-refractivity contribution < 1.29 is 9.53 Å². The van der Waals surface area contributed by atoms with Crippen molar-refractivity contribution in [1.82, 2.24) is 0 Å². The van der Waals surface area contributed by atoms with Gasteiger partial charge in [0.1, 0.15) is 0 Å². The Kier molecular flexibility index (Phi) is 3.40. The Bertz CT molecular complexity index is 381. The Balaban J connectivity index is 2.27. The maximum Gasteiger partial charge on any atom is 0.313 e. The molecule has 0 amide bonds. The number of esters is 1. The molecule has 0 saturated carbocycles. The molecular weight excluding hydrogens is 200 g/mol. The summed E-state index contributed by atoms with van der Waals surface area (Å²) in [6.45, 7) is 0. The fourth-order valence-corrected chi connectivity index (χ4v) is 2.28. The number of ether oxygens (including phenoxy) is 1. The van der Waals surface area contributed by atoms with Crippen LogP contribution >= 0.6 is 0 Å². The molecule has 1 aromatic rings. The van der Waals surface area contributed by atoms with Crippen molar-refractivity contribution >= 4 is 5.97 Å². The van der Waals surface area contributed by atoms with E-state index in [0.717, 1.165) is 18.4 Å². The summed E-state index contributed by atoms with van der Waals surface area (Å²) in [7, 11) is 1.46. The minimum atomic E-state index is -0.148. The summed E-state index contributed by atoms with van der Waals surface area (Å²) >= 11 is 0. The summed E-state index contributed by atoms with van der Waals surface area (Å²) in [6, 6.07) is 9.87. The third kappa shape index (κ3) is 2.16. The minimum absolute atomic E-state index is 0.136. The average molecular weight is 216 g/mol. The van der Waals surface area contributed by atoms with E-state index in [2.05, 4.69) is 12.2 Å². The molecule has 1 aliphatic carbocycles. The summed E-state index contributed by atoms with van der Waals surface area (Å²) in [5.41, 5.74) is 1.05. The van der Waals surface area contributed by atoms with Gasteiger partial charge >= 0.3 is 5.97 Å². The SMILES string of the molecule is COC(=O)C(c1ccccc1)C1C=CCC1. The number of rotatable bonds is 3. The summed E-state index contributed by atoms with van der Waals surface area (Å²) in [6.07, 6.45) is 6.37. The van der Waals surface area contributed by atoms with Crippen molar-refractivity contribution in [2.75, 3.05) is 7.11 Å². The van der Waals surface area contributed by atoms with E-state index >= 15 is 0 Å². The van der Waals surface area contributed by atoms with Gasteiger partial charge in [-0.1, -0.05) is 42.5 Å². The largest absolute Gasteiger partial charge is 0.469 e. The van der Waals surface area contributed by atoms with Crippen molar-refractivity contribution in [3.8, 4) is 0 Å². The minimum Gasteiger partial charge on any atom is -0.469 e. The summed E-state index contributed by atoms with van der Waals surface area (Å²) < 4.78 is 4.91. The molecule has 0 N–H and O–H groups in total. The van der Waals surface area contributed by atoms with Gasteiger partial charge in [-0.05, 0) is 24.3 Å². The first-order valence-corrected chi connectivity index (χ1v) is 5.62.